The molecule has 1 fully saturated rings. The minimum atomic E-state index is -0.996. The van der Waals surface area contributed by atoms with Gasteiger partial charge in [0.2, 0.25) is 12.1 Å². The van der Waals surface area contributed by atoms with E-state index in [-0.39, 0.29) is 18.9 Å². The highest BCUT2D eigenvalue weighted by Crippen LogP contribution is 2.23. The third kappa shape index (κ3) is 6.18. The molecule has 1 unspecified atom stereocenters. The molecule has 6 rings (SSSR count). The molecule has 1 aliphatic rings. The lowest BCUT2D eigenvalue weighted by atomic mass is 10.0. The highest BCUT2D eigenvalue weighted by Gasteiger charge is 2.43. The second-order valence-corrected chi connectivity index (χ2v) is 10.2. The topological polar surface area (TPSA) is 106 Å². The van der Waals surface area contributed by atoms with Gasteiger partial charge in [0.05, 0.1) is 0 Å². The van der Waals surface area contributed by atoms with Gasteiger partial charge in [-0.05, 0) is 44.8 Å². The zero-order valence-corrected chi connectivity index (χ0v) is 22.7. The Balaban J connectivity index is 1.16. The fraction of sp³-hybridized carbons (Fsp3) is 0.147. The van der Waals surface area contributed by atoms with Gasteiger partial charge >= 0.3 is 6.09 Å². The molecule has 8 nitrogen and oxygen atoms in total. The van der Waals surface area contributed by atoms with Gasteiger partial charge in [-0.15, -0.1) is 0 Å². The molecule has 3 N–H and O–H groups in total. The van der Waals surface area contributed by atoms with Gasteiger partial charge in [0, 0.05) is 6.42 Å². The average Bonchev–Trinajstić information content (AvgIpc) is 3.02. The molecule has 0 bridgehead atoms. The van der Waals surface area contributed by atoms with Crippen molar-refractivity contribution in [1.29, 1.82) is 0 Å². The highest BCUT2D eigenvalue weighted by atomic mass is 16.5. The van der Waals surface area contributed by atoms with E-state index in [2.05, 4.69) is 16.0 Å². The number of nitrogens with one attached hydrogen (secondary N) is 3. The molecule has 0 radical (unpaired) electrons. The number of carbonyl (C=O) groups is 3. The van der Waals surface area contributed by atoms with Crippen molar-refractivity contribution in [3.8, 4) is 5.75 Å². The Morgan fingerprint density at radius 1 is 0.738 bits per heavy atom. The molecule has 5 aromatic rings. The van der Waals surface area contributed by atoms with Crippen LogP contribution in [0, 0.1) is 0 Å². The van der Waals surface area contributed by atoms with E-state index in [9.17, 15) is 14.4 Å². The monoisotopic (exact) mass is 559 g/mol. The van der Waals surface area contributed by atoms with Crippen LogP contribution >= 0.6 is 0 Å². The fourth-order valence-electron chi connectivity index (χ4n) is 4.95. The van der Waals surface area contributed by atoms with E-state index in [4.69, 9.17) is 9.47 Å². The maximum absolute atomic E-state index is 13.5. The number of ether oxygens (including phenoxy) is 2. The molecule has 1 aliphatic heterocycles. The van der Waals surface area contributed by atoms with Crippen LogP contribution < -0.4 is 20.7 Å². The van der Waals surface area contributed by atoms with Crippen LogP contribution in [-0.4, -0.2) is 36.2 Å². The Morgan fingerprint density at radius 2 is 1.38 bits per heavy atom. The van der Waals surface area contributed by atoms with Crippen LogP contribution in [-0.2, 0) is 27.4 Å². The largest absolute Gasteiger partial charge is 0.468 e. The Kier molecular flexibility index (Phi) is 7.68. The van der Waals surface area contributed by atoms with Gasteiger partial charge in [-0.25, -0.2) is 4.79 Å². The molecule has 0 aliphatic carbocycles. The smallest absolute Gasteiger partial charge is 0.408 e. The molecule has 1 heterocycles. The first-order valence-electron chi connectivity index (χ1n) is 13.7. The zero-order valence-electron chi connectivity index (χ0n) is 22.7. The number of fused-ring (bicyclic) bond motifs is 2. The highest BCUT2D eigenvalue weighted by molar-refractivity contribution is 5.95. The molecule has 1 saturated heterocycles. The normalized spacial score (nSPS) is 16.6. The Morgan fingerprint density at radius 3 is 2.10 bits per heavy atom. The third-order valence-electron chi connectivity index (χ3n) is 7.23. The van der Waals surface area contributed by atoms with Gasteiger partial charge in [-0.1, -0.05) is 103 Å². The summed E-state index contributed by atoms with van der Waals surface area (Å²) in [6, 6.07) is 34.6. The van der Waals surface area contributed by atoms with E-state index >= 15 is 0 Å². The minimum absolute atomic E-state index is 0.0592. The second-order valence-electron chi connectivity index (χ2n) is 10.2. The van der Waals surface area contributed by atoms with Gasteiger partial charge in [-0.2, -0.15) is 0 Å². The molecule has 0 saturated carbocycles. The Bertz CT molecular complexity index is 1760. The molecule has 5 aromatic carbocycles. The summed E-state index contributed by atoms with van der Waals surface area (Å²) < 4.78 is 11.4. The average molecular weight is 560 g/mol. The van der Waals surface area contributed by atoms with Crippen LogP contribution in [0.25, 0.3) is 21.5 Å². The van der Waals surface area contributed by atoms with Crippen LogP contribution in [0.4, 0.5) is 4.79 Å². The van der Waals surface area contributed by atoms with E-state index in [0.717, 1.165) is 32.7 Å². The van der Waals surface area contributed by atoms with Crippen molar-refractivity contribution in [2.75, 3.05) is 0 Å². The summed E-state index contributed by atoms with van der Waals surface area (Å²) in [7, 11) is 0. The summed E-state index contributed by atoms with van der Waals surface area (Å²) in [6.45, 7) is 0.0592. The standard InChI is InChI=1S/C34H29N3O5/c38-31(36-30-32(39)37-33(30)42-28-17-16-25-11-5-7-13-27(25)20-28)29(35-34(40)41-21-22-8-2-1-3-9-22)19-23-14-15-24-10-4-6-12-26(24)18-23/h1-18,20,29-30,33H,19,21H2,(H,35,40)(H,36,38)(H,37,39)/t29-,30?,33-/m0/s1. The lowest BCUT2D eigenvalue weighted by Crippen LogP contribution is -2.72. The van der Waals surface area contributed by atoms with Crippen molar-refractivity contribution in [2.45, 2.75) is 31.3 Å². The summed E-state index contributed by atoms with van der Waals surface area (Å²) in [4.78, 5) is 38.8. The summed E-state index contributed by atoms with van der Waals surface area (Å²) in [5, 5.41) is 12.3. The van der Waals surface area contributed by atoms with Crippen molar-refractivity contribution < 1.29 is 23.9 Å². The zero-order chi connectivity index (χ0) is 28.9. The minimum Gasteiger partial charge on any atom is -0.468 e. The van der Waals surface area contributed by atoms with Crippen molar-refractivity contribution in [3.05, 3.63) is 126 Å². The molecule has 0 spiro atoms. The number of benzene rings is 5. The maximum atomic E-state index is 13.5. The third-order valence-corrected chi connectivity index (χ3v) is 7.23. The van der Waals surface area contributed by atoms with Gasteiger partial charge < -0.3 is 25.4 Å². The van der Waals surface area contributed by atoms with Crippen LogP contribution in [0.1, 0.15) is 11.1 Å². The van der Waals surface area contributed by atoms with E-state index in [1.165, 1.54) is 0 Å². The number of β-lactam (4-membered cyclic amide) rings is 1. The molecule has 210 valence electrons. The number of hydrogen-bond donors (Lipinski definition) is 3. The SMILES string of the molecule is O=C(N[C@@H](Cc1ccc2ccccc2c1)C(=O)NC1C(=O)N[C@H]1Oc1ccc2ccccc2c1)OCc1ccccc1. The lowest BCUT2D eigenvalue weighted by molar-refractivity contribution is -0.143. The molecule has 8 heteroatoms. The number of carbonyl (C=O) groups excluding carboxylic acids is 3. The summed E-state index contributed by atoms with van der Waals surface area (Å²) in [5.74, 6) is -0.328. The molecular formula is C34H29N3O5. The number of alkyl carbamates (subject to hydrolysis) is 1. The Hall–Kier alpha value is -5.37. The number of rotatable bonds is 9. The molecule has 3 amide bonds. The van der Waals surface area contributed by atoms with Crippen LogP contribution in [0.5, 0.6) is 5.75 Å². The van der Waals surface area contributed by atoms with Crippen molar-refractivity contribution in [3.63, 3.8) is 0 Å². The summed E-state index contributed by atoms with van der Waals surface area (Å²) in [5.41, 5.74) is 1.67. The Labute approximate surface area is 242 Å². The van der Waals surface area contributed by atoms with Crippen molar-refractivity contribution in [2.24, 2.45) is 0 Å². The summed E-state index contributed by atoms with van der Waals surface area (Å²) >= 11 is 0. The van der Waals surface area contributed by atoms with Gasteiger partial charge in [0.1, 0.15) is 18.4 Å². The van der Waals surface area contributed by atoms with Crippen molar-refractivity contribution >= 4 is 39.5 Å². The van der Waals surface area contributed by atoms with E-state index in [1.807, 2.05) is 115 Å². The maximum Gasteiger partial charge on any atom is 0.408 e. The van der Waals surface area contributed by atoms with Crippen LogP contribution in [0.15, 0.2) is 115 Å². The predicted molar refractivity (Wildman–Crippen MR) is 160 cm³/mol. The first kappa shape index (κ1) is 26.8. The molecule has 3 atom stereocenters. The number of hydrogen-bond acceptors (Lipinski definition) is 5. The first-order chi connectivity index (χ1) is 20.5. The fourth-order valence-corrected chi connectivity index (χ4v) is 4.95. The first-order valence-corrected chi connectivity index (χ1v) is 13.7. The number of amides is 3. The van der Waals surface area contributed by atoms with Gasteiger partial charge in [0.25, 0.3) is 5.91 Å². The lowest BCUT2D eigenvalue weighted by Gasteiger charge is -2.37. The summed E-state index contributed by atoms with van der Waals surface area (Å²) in [6.07, 6.45) is -1.29. The second kappa shape index (κ2) is 12.0. The van der Waals surface area contributed by atoms with Crippen LogP contribution in [0.3, 0.4) is 0 Å². The predicted octanol–water partition coefficient (Wildman–Crippen LogP) is 4.85. The molecule has 0 aromatic heterocycles. The van der Waals surface area contributed by atoms with Crippen LogP contribution in [0.2, 0.25) is 0 Å². The molecule has 42 heavy (non-hydrogen) atoms. The quantitative estimate of drug-likeness (QED) is 0.224. The van der Waals surface area contributed by atoms with Gasteiger partial charge in [-0.3, -0.25) is 9.59 Å². The van der Waals surface area contributed by atoms with Crippen molar-refractivity contribution in [1.82, 2.24) is 16.0 Å². The van der Waals surface area contributed by atoms with E-state index in [1.54, 1.807) is 0 Å². The van der Waals surface area contributed by atoms with E-state index in [0.29, 0.717) is 5.75 Å². The van der Waals surface area contributed by atoms with Gasteiger partial charge in [0.15, 0.2) is 6.04 Å². The molecular weight excluding hydrogens is 530 g/mol. The van der Waals surface area contributed by atoms with E-state index < -0.39 is 30.3 Å².